The van der Waals surface area contributed by atoms with Crippen molar-refractivity contribution in [1.82, 2.24) is 14.7 Å². The number of nitrogens with zero attached hydrogens (tertiary/aromatic N) is 3. The third-order valence-corrected chi connectivity index (χ3v) is 11.8. The Morgan fingerprint density at radius 2 is 1.59 bits per heavy atom. The molecule has 238 valence electrons. The first-order valence-corrected chi connectivity index (χ1v) is 16.6. The van der Waals surface area contributed by atoms with Gasteiger partial charge in [-0.25, -0.2) is 8.78 Å². The van der Waals surface area contributed by atoms with Crippen LogP contribution in [-0.4, -0.2) is 71.3 Å². The zero-order chi connectivity index (χ0) is 31.8. The number of aryl methyl sites for hydroxylation is 1. The van der Waals surface area contributed by atoms with Crippen molar-refractivity contribution in [2.75, 3.05) is 39.3 Å². The Balaban J connectivity index is 1.25. The molecule has 1 spiro atoms. The molecule has 0 bridgehead atoms. The van der Waals surface area contributed by atoms with Crippen LogP contribution in [0.25, 0.3) is 0 Å². The maximum Gasteiger partial charge on any atom is 0.228 e. The second-order valence-electron chi connectivity index (χ2n) is 15.4. The number of amides is 2. The first kappa shape index (κ1) is 31.5. The highest BCUT2D eigenvalue weighted by Gasteiger charge is 2.54. The van der Waals surface area contributed by atoms with Gasteiger partial charge >= 0.3 is 0 Å². The number of hydrogen-bond donors (Lipinski definition) is 0. The molecule has 0 saturated carbocycles. The van der Waals surface area contributed by atoms with E-state index >= 15 is 4.39 Å². The molecule has 3 fully saturated rings. The maximum absolute atomic E-state index is 15.1. The Hall–Kier alpha value is -2.51. The van der Waals surface area contributed by atoms with Crippen LogP contribution in [0.3, 0.4) is 0 Å². The maximum atomic E-state index is 15.1. The summed E-state index contributed by atoms with van der Waals surface area (Å²) in [6, 6.07) is 8.05. The quantitative estimate of drug-likeness (QED) is 0.366. The highest BCUT2D eigenvalue weighted by molar-refractivity contribution is 6.31. The van der Waals surface area contributed by atoms with E-state index in [0.717, 1.165) is 55.4 Å². The summed E-state index contributed by atoms with van der Waals surface area (Å²) in [5, 5.41) is 0.742. The Morgan fingerprint density at radius 1 is 0.909 bits per heavy atom. The van der Waals surface area contributed by atoms with Gasteiger partial charge in [0.25, 0.3) is 0 Å². The fourth-order valence-corrected chi connectivity index (χ4v) is 8.53. The Morgan fingerprint density at radius 3 is 2.18 bits per heavy atom. The lowest BCUT2D eigenvalue weighted by molar-refractivity contribution is -0.145. The number of rotatable bonds is 4. The largest absolute Gasteiger partial charge is 0.342 e. The minimum absolute atomic E-state index is 0.0466. The Labute approximate surface area is 265 Å². The highest BCUT2D eigenvalue weighted by Crippen LogP contribution is 2.58. The van der Waals surface area contributed by atoms with Crippen LogP contribution in [0, 0.1) is 29.9 Å². The number of halogens is 3. The van der Waals surface area contributed by atoms with E-state index < -0.39 is 23.0 Å². The second-order valence-corrected chi connectivity index (χ2v) is 15.8. The summed E-state index contributed by atoms with van der Waals surface area (Å²) in [5.41, 5.74) is 3.02. The summed E-state index contributed by atoms with van der Waals surface area (Å²) in [4.78, 5) is 34.1. The van der Waals surface area contributed by atoms with Crippen LogP contribution in [0.5, 0.6) is 0 Å². The molecule has 3 saturated heterocycles. The van der Waals surface area contributed by atoms with Crippen LogP contribution in [0.2, 0.25) is 5.02 Å². The lowest BCUT2D eigenvalue weighted by Gasteiger charge is -2.43. The number of benzene rings is 2. The smallest absolute Gasteiger partial charge is 0.228 e. The molecule has 3 atom stereocenters. The van der Waals surface area contributed by atoms with Gasteiger partial charge in [-0.1, -0.05) is 37.6 Å². The van der Waals surface area contributed by atoms with Crippen molar-refractivity contribution in [3.63, 3.8) is 0 Å². The van der Waals surface area contributed by atoms with Gasteiger partial charge in [-0.05, 0) is 99.1 Å². The van der Waals surface area contributed by atoms with Crippen molar-refractivity contribution < 1.29 is 18.4 Å². The minimum atomic E-state index is -0.610. The molecule has 0 unspecified atom stereocenters. The first-order chi connectivity index (χ1) is 20.6. The van der Waals surface area contributed by atoms with E-state index in [1.54, 1.807) is 0 Å². The molecule has 3 aliphatic heterocycles. The number of piperidine rings is 1. The monoisotopic (exact) mass is 625 g/mol. The van der Waals surface area contributed by atoms with E-state index in [9.17, 15) is 14.0 Å². The lowest BCUT2D eigenvalue weighted by Crippen LogP contribution is -2.50. The second kappa shape index (κ2) is 11.1. The molecule has 2 aromatic rings. The van der Waals surface area contributed by atoms with E-state index in [2.05, 4.69) is 51.7 Å². The van der Waals surface area contributed by atoms with E-state index in [-0.39, 0.29) is 34.6 Å². The number of carbonyl (C=O) groups excluding carboxylic acids is 2. The average molecular weight is 626 g/mol. The first-order valence-electron chi connectivity index (χ1n) is 16.2. The summed E-state index contributed by atoms with van der Waals surface area (Å²) in [6.07, 6.45) is 3.51. The molecule has 6 rings (SSSR count). The SMILES string of the molecule is Cc1cc2c(cc1Cl)C1(CCN(C(=O)[C@@H]3CN(C(C)(C)C)C[C@H]3c3ccc(F)cc3F)CC1)C[C@@H]2C(C)(C)C(=O)N1CCC1. The molecule has 0 N–H and O–H groups in total. The molecule has 2 amide bonds. The third kappa shape index (κ3) is 5.26. The van der Waals surface area contributed by atoms with Gasteiger partial charge in [0.2, 0.25) is 11.8 Å². The Kier molecular flexibility index (Phi) is 7.93. The number of fused-ring (bicyclic) bond motifs is 2. The van der Waals surface area contributed by atoms with Crippen LogP contribution in [-0.2, 0) is 15.0 Å². The summed E-state index contributed by atoms with van der Waals surface area (Å²) in [6.45, 7) is 16.5. The normalized spacial score (nSPS) is 25.3. The van der Waals surface area contributed by atoms with Crippen molar-refractivity contribution in [2.45, 2.75) is 90.0 Å². The molecule has 8 heteroatoms. The molecule has 5 nitrogen and oxygen atoms in total. The van der Waals surface area contributed by atoms with Crippen LogP contribution in [0.4, 0.5) is 8.78 Å². The van der Waals surface area contributed by atoms with Crippen molar-refractivity contribution in [3.05, 3.63) is 69.2 Å². The molecule has 2 aromatic carbocycles. The van der Waals surface area contributed by atoms with Crippen LogP contribution in [0.15, 0.2) is 30.3 Å². The molecule has 1 aliphatic carbocycles. The molecule has 3 heterocycles. The van der Waals surface area contributed by atoms with Crippen molar-refractivity contribution in [2.24, 2.45) is 11.3 Å². The summed E-state index contributed by atoms with van der Waals surface area (Å²) >= 11 is 6.72. The van der Waals surface area contributed by atoms with Gasteiger partial charge < -0.3 is 9.80 Å². The molecule has 4 aliphatic rings. The van der Waals surface area contributed by atoms with Crippen LogP contribution in [0.1, 0.15) is 94.4 Å². The fraction of sp³-hybridized carbons (Fsp3) is 0.611. The van der Waals surface area contributed by atoms with Gasteiger partial charge in [-0.15, -0.1) is 0 Å². The van der Waals surface area contributed by atoms with Gasteiger partial charge in [0.1, 0.15) is 11.6 Å². The zero-order valence-electron chi connectivity index (χ0n) is 27.0. The molecule has 44 heavy (non-hydrogen) atoms. The highest BCUT2D eigenvalue weighted by atomic mass is 35.5. The van der Waals surface area contributed by atoms with E-state index in [1.165, 1.54) is 23.3 Å². The van der Waals surface area contributed by atoms with Crippen LogP contribution >= 0.6 is 11.6 Å². The third-order valence-electron chi connectivity index (χ3n) is 11.4. The molecular formula is C36H46ClF2N3O2. The van der Waals surface area contributed by atoms with E-state index in [4.69, 9.17) is 11.6 Å². The average Bonchev–Trinajstić information content (AvgIpc) is 3.49. The van der Waals surface area contributed by atoms with E-state index in [1.807, 2.05) is 16.7 Å². The molecular weight excluding hydrogens is 580 g/mol. The van der Waals surface area contributed by atoms with Crippen molar-refractivity contribution in [1.29, 1.82) is 0 Å². The summed E-state index contributed by atoms with van der Waals surface area (Å²) in [7, 11) is 0. The molecule has 0 radical (unpaired) electrons. The fourth-order valence-electron chi connectivity index (χ4n) is 8.36. The van der Waals surface area contributed by atoms with Gasteiger partial charge in [0.05, 0.1) is 11.3 Å². The molecule has 0 aromatic heterocycles. The predicted octanol–water partition coefficient (Wildman–Crippen LogP) is 7.05. The Bertz CT molecular complexity index is 1470. The summed E-state index contributed by atoms with van der Waals surface area (Å²) < 4.78 is 28.8. The predicted molar refractivity (Wildman–Crippen MR) is 170 cm³/mol. The number of hydrogen-bond acceptors (Lipinski definition) is 3. The van der Waals surface area contributed by atoms with Gasteiger partial charge in [-0.3, -0.25) is 14.5 Å². The topological polar surface area (TPSA) is 43.9 Å². The van der Waals surface area contributed by atoms with E-state index in [0.29, 0.717) is 31.7 Å². The van der Waals surface area contributed by atoms with Gasteiger partial charge in [0.15, 0.2) is 0 Å². The lowest BCUT2D eigenvalue weighted by atomic mass is 9.69. The van der Waals surface area contributed by atoms with Gasteiger partial charge in [-0.2, -0.15) is 0 Å². The van der Waals surface area contributed by atoms with Crippen molar-refractivity contribution >= 4 is 23.4 Å². The van der Waals surface area contributed by atoms with Crippen LogP contribution < -0.4 is 0 Å². The minimum Gasteiger partial charge on any atom is -0.342 e. The number of likely N-dealkylation sites (tertiary alicyclic amines) is 3. The number of carbonyl (C=O) groups is 2. The van der Waals surface area contributed by atoms with Gasteiger partial charge in [0, 0.05) is 61.8 Å². The zero-order valence-corrected chi connectivity index (χ0v) is 27.7. The van der Waals surface area contributed by atoms with Crippen molar-refractivity contribution in [3.8, 4) is 0 Å². The summed E-state index contributed by atoms with van der Waals surface area (Å²) in [5.74, 6) is -1.60. The standard InChI is InChI=1S/C36H46ClF2N3O2/c1-22-16-25-28(18-30(22)37)36(19-29(25)35(5,6)33(44)41-12-7-13-41)10-14-40(15-11-36)32(43)27-21-42(34(2,3)4)20-26(27)24-9-8-23(38)17-31(24)39/h8-9,16-18,26-27,29H,7,10-15,19-21H2,1-6H3/t26-,27+,29-/m0/s1.